The molecule has 6 heteroatoms. The molecule has 0 aliphatic carbocycles. The van der Waals surface area contributed by atoms with Crippen molar-refractivity contribution in [1.82, 2.24) is 9.80 Å². The Morgan fingerprint density at radius 2 is 1.78 bits per heavy atom. The third kappa shape index (κ3) is 3.82. The number of rotatable bonds is 8. The number of likely N-dealkylation sites (N-methyl/N-ethyl adjacent to an activating group) is 1. The maximum absolute atomic E-state index is 13.6. The molecule has 0 bridgehead atoms. The first-order valence-electron chi connectivity index (χ1n) is 11.0. The van der Waals surface area contributed by atoms with Gasteiger partial charge in [0.15, 0.2) is 11.5 Å². The summed E-state index contributed by atoms with van der Waals surface area (Å²) in [5.41, 5.74) is 2.43. The summed E-state index contributed by atoms with van der Waals surface area (Å²) in [6.07, 6.45) is 0. The van der Waals surface area contributed by atoms with Gasteiger partial charge in [-0.05, 0) is 43.3 Å². The second kappa shape index (κ2) is 9.01. The van der Waals surface area contributed by atoms with E-state index >= 15 is 0 Å². The largest absolute Gasteiger partial charge is 0.503 e. The van der Waals surface area contributed by atoms with E-state index in [9.17, 15) is 14.7 Å². The Kier molecular flexibility index (Phi) is 6.15. The van der Waals surface area contributed by atoms with Crippen LogP contribution in [0.25, 0.3) is 11.0 Å². The summed E-state index contributed by atoms with van der Waals surface area (Å²) in [7, 11) is 0. The molecule has 0 fully saturated rings. The number of aliphatic hydroxyl groups excluding tert-OH is 1. The molecule has 166 valence electrons. The zero-order valence-corrected chi connectivity index (χ0v) is 18.7. The van der Waals surface area contributed by atoms with Crippen molar-refractivity contribution in [3.8, 4) is 0 Å². The summed E-state index contributed by atoms with van der Waals surface area (Å²) in [5.74, 6) is -1.37. The van der Waals surface area contributed by atoms with Gasteiger partial charge in [-0.1, -0.05) is 56.3 Å². The van der Waals surface area contributed by atoms with E-state index in [0.29, 0.717) is 18.7 Å². The smallest absolute Gasteiger partial charge is 0.290 e. The molecule has 0 saturated heterocycles. The number of Topliss-reactive ketones (excluding diaryl/α,β-unsaturated/α-hetero) is 1. The number of para-hydroxylation sites is 1. The Morgan fingerprint density at radius 1 is 1.09 bits per heavy atom. The summed E-state index contributed by atoms with van der Waals surface area (Å²) in [6.45, 7) is 8.86. The van der Waals surface area contributed by atoms with Crippen LogP contribution in [-0.2, 0) is 4.79 Å². The van der Waals surface area contributed by atoms with E-state index in [1.165, 1.54) is 0 Å². The number of furan rings is 1. The first-order valence-corrected chi connectivity index (χ1v) is 11.0. The first kappa shape index (κ1) is 21.8. The molecular weight excluding hydrogens is 404 g/mol. The number of hydrogen-bond acceptors (Lipinski definition) is 5. The fourth-order valence-corrected chi connectivity index (χ4v) is 4.35. The van der Waals surface area contributed by atoms with E-state index in [4.69, 9.17) is 4.42 Å². The van der Waals surface area contributed by atoms with Crippen LogP contribution in [0.5, 0.6) is 0 Å². The molecule has 2 heterocycles. The predicted molar refractivity (Wildman–Crippen MR) is 124 cm³/mol. The number of fused-ring (bicyclic) bond motifs is 1. The van der Waals surface area contributed by atoms with Crippen LogP contribution in [0.15, 0.2) is 70.3 Å². The molecular formula is C26H28N2O4. The normalized spacial score (nSPS) is 16.6. The van der Waals surface area contributed by atoms with E-state index in [1.54, 1.807) is 17.0 Å². The van der Waals surface area contributed by atoms with Crippen molar-refractivity contribution < 1.29 is 19.1 Å². The second-order valence-electron chi connectivity index (χ2n) is 8.02. The molecule has 32 heavy (non-hydrogen) atoms. The standard InChI is InChI=1S/C26H28N2O4/c1-4-27(5-2)14-15-28-23(19-12-8-6-10-17(19)3)22(25(30)26(28)31)24(29)21-16-18-11-7-9-13-20(18)32-21/h6-13,16,23,30H,4-5,14-15H2,1-3H3. The Morgan fingerprint density at radius 3 is 2.47 bits per heavy atom. The third-order valence-corrected chi connectivity index (χ3v) is 6.23. The lowest BCUT2D eigenvalue weighted by Gasteiger charge is -2.30. The Labute approximate surface area is 187 Å². The fourth-order valence-electron chi connectivity index (χ4n) is 4.35. The van der Waals surface area contributed by atoms with Crippen molar-refractivity contribution >= 4 is 22.7 Å². The first-order chi connectivity index (χ1) is 15.5. The van der Waals surface area contributed by atoms with Crippen LogP contribution in [0, 0.1) is 6.92 Å². The van der Waals surface area contributed by atoms with Crippen molar-refractivity contribution in [3.05, 3.63) is 82.8 Å². The summed E-state index contributed by atoms with van der Waals surface area (Å²) in [5, 5.41) is 11.6. The highest BCUT2D eigenvalue weighted by molar-refractivity contribution is 6.16. The number of aryl methyl sites for hydroxylation is 1. The minimum atomic E-state index is -0.667. The average Bonchev–Trinajstić information content (AvgIpc) is 3.34. The molecule has 1 atom stereocenters. The number of carbonyl (C=O) groups is 2. The van der Waals surface area contributed by atoms with Crippen molar-refractivity contribution in [2.45, 2.75) is 26.8 Å². The molecule has 1 N–H and O–H groups in total. The number of carbonyl (C=O) groups excluding carboxylic acids is 2. The molecule has 0 spiro atoms. The maximum atomic E-state index is 13.6. The quantitative estimate of drug-likeness (QED) is 0.524. The van der Waals surface area contributed by atoms with Crippen LogP contribution >= 0.6 is 0 Å². The van der Waals surface area contributed by atoms with E-state index < -0.39 is 23.5 Å². The number of nitrogens with zero attached hydrogens (tertiary/aromatic N) is 2. The summed E-state index contributed by atoms with van der Waals surface area (Å²) >= 11 is 0. The van der Waals surface area contributed by atoms with Crippen LogP contribution in [0.2, 0.25) is 0 Å². The maximum Gasteiger partial charge on any atom is 0.290 e. The van der Waals surface area contributed by atoms with Crippen molar-refractivity contribution in [2.75, 3.05) is 26.2 Å². The van der Waals surface area contributed by atoms with Gasteiger partial charge in [0.25, 0.3) is 5.91 Å². The van der Waals surface area contributed by atoms with Gasteiger partial charge in [-0.2, -0.15) is 0 Å². The SMILES string of the molecule is CCN(CC)CCN1C(=O)C(O)=C(C(=O)c2cc3ccccc3o2)C1c1ccccc1C. The van der Waals surface area contributed by atoms with Gasteiger partial charge in [0.1, 0.15) is 5.58 Å². The lowest BCUT2D eigenvalue weighted by atomic mass is 9.92. The Bertz CT molecular complexity index is 1160. The van der Waals surface area contributed by atoms with Gasteiger partial charge in [0, 0.05) is 18.5 Å². The molecule has 1 aliphatic rings. The number of amides is 1. The number of benzene rings is 2. The molecule has 4 rings (SSSR count). The molecule has 1 amide bonds. The monoisotopic (exact) mass is 432 g/mol. The Balaban J connectivity index is 1.77. The Hall–Kier alpha value is -3.38. The number of ketones is 1. The van der Waals surface area contributed by atoms with Gasteiger partial charge in [-0.25, -0.2) is 0 Å². The van der Waals surface area contributed by atoms with E-state index in [1.807, 2.05) is 49.4 Å². The third-order valence-electron chi connectivity index (χ3n) is 6.23. The van der Waals surface area contributed by atoms with Crippen molar-refractivity contribution in [3.63, 3.8) is 0 Å². The molecule has 6 nitrogen and oxygen atoms in total. The zero-order valence-electron chi connectivity index (χ0n) is 18.7. The van der Waals surface area contributed by atoms with Gasteiger partial charge < -0.3 is 19.3 Å². The van der Waals surface area contributed by atoms with Crippen molar-refractivity contribution in [1.29, 1.82) is 0 Å². The van der Waals surface area contributed by atoms with Gasteiger partial charge in [0.05, 0.1) is 11.6 Å². The highest BCUT2D eigenvalue weighted by atomic mass is 16.3. The molecule has 0 radical (unpaired) electrons. The molecule has 1 unspecified atom stereocenters. The van der Waals surface area contributed by atoms with Gasteiger partial charge >= 0.3 is 0 Å². The van der Waals surface area contributed by atoms with Crippen molar-refractivity contribution in [2.24, 2.45) is 0 Å². The van der Waals surface area contributed by atoms with E-state index in [-0.39, 0.29) is 11.3 Å². The molecule has 1 aliphatic heterocycles. The van der Waals surface area contributed by atoms with Crippen LogP contribution < -0.4 is 0 Å². The predicted octanol–water partition coefficient (Wildman–Crippen LogP) is 4.66. The van der Waals surface area contributed by atoms with Crippen LogP contribution in [0.4, 0.5) is 0 Å². The summed E-state index contributed by atoms with van der Waals surface area (Å²) in [6, 6.07) is 16.0. The molecule has 1 aromatic heterocycles. The number of aliphatic hydroxyl groups is 1. The summed E-state index contributed by atoms with van der Waals surface area (Å²) < 4.78 is 5.78. The average molecular weight is 433 g/mol. The second-order valence-corrected chi connectivity index (χ2v) is 8.02. The van der Waals surface area contributed by atoms with Crippen LogP contribution in [-0.4, -0.2) is 52.8 Å². The highest BCUT2D eigenvalue weighted by Crippen LogP contribution is 2.40. The molecule has 0 saturated carbocycles. The topological polar surface area (TPSA) is 74.0 Å². The number of hydrogen-bond donors (Lipinski definition) is 1. The minimum absolute atomic E-state index is 0.0721. The fraction of sp³-hybridized carbons (Fsp3) is 0.308. The van der Waals surface area contributed by atoms with Gasteiger partial charge in [0.2, 0.25) is 5.78 Å². The summed E-state index contributed by atoms with van der Waals surface area (Å²) in [4.78, 5) is 30.5. The van der Waals surface area contributed by atoms with Crippen LogP contribution in [0.3, 0.4) is 0 Å². The lowest BCUT2D eigenvalue weighted by molar-refractivity contribution is -0.129. The molecule has 3 aromatic rings. The van der Waals surface area contributed by atoms with Gasteiger partial charge in [-0.15, -0.1) is 0 Å². The minimum Gasteiger partial charge on any atom is -0.503 e. The molecule has 2 aromatic carbocycles. The van der Waals surface area contributed by atoms with Gasteiger partial charge in [-0.3, -0.25) is 9.59 Å². The zero-order chi connectivity index (χ0) is 22.8. The lowest BCUT2D eigenvalue weighted by Crippen LogP contribution is -2.38. The van der Waals surface area contributed by atoms with E-state index in [0.717, 1.165) is 29.6 Å². The van der Waals surface area contributed by atoms with Crippen LogP contribution in [0.1, 0.15) is 41.6 Å². The highest BCUT2D eigenvalue weighted by Gasteiger charge is 2.44. The van der Waals surface area contributed by atoms with E-state index in [2.05, 4.69) is 18.7 Å².